The van der Waals surface area contributed by atoms with Gasteiger partial charge in [0.1, 0.15) is 17.5 Å². The lowest BCUT2D eigenvalue weighted by atomic mass is 10.0. The van der Waals surface area contributed by atoms with Crippen LogP contribution in [0.3, 0.4) is 0 Å². The Hall–Kier alpha value is -1.32. The zero-order chi connectivity index (χ0) is 14.0. The zero-order valence-electron chi connectivity index (χ0n) is 12.5. The fraction of sp³-hybridized carbons (Fsp3) is 0.733. The molecule has 4 heteroatoms. The third kappa shape index (κ3) is 1.80. The maximum absolute atomic E-state index is 6.03. The number of nitrogens with two attached hydrogens (primary N) is 1. The Balaban J connectivity index is 1.89. The number of nitrogen functional groups attached to an aromatic ring is 1. The van der Waals surface area contributed by atoms with Gasteiger partial charge in [-0.25, -0.2) is 9.97 Å². The number of hydrogen-bond acceptors (Lipinski definition) is 4. The van der Waals surface area contributed by atoms with Crippen molar-refractivity contribution < 1.29 is 0 Å². The van der Waals surface area contributed by atoms with Crippen LogP contribution in [-0.2, 0) is 0 Å². The Labute approximate surface area is 115 Å². The van der Waals surface area contributed by atoms with E-state index in [2.05, 4.69) is 38.0 Å². The fourth-order valence-corrected chi connectivity index (χ4v) is 2.91. The first-order valence-electron chi connectivity index (χ1n) is 7.15. The number of nitrogens with one attached hydrogen (secondary N) is 1. The Kier molecular flexibility index (Phi) is 2.42. The van der Waals surface area contributed by atoms with Gasteiger partial charge in [0.05, 0.1) is 0 Å². The molecule has 1 aromatic rings. The molecule has 0 radical (unpaired) electrons. The van der Waals surface area contributed by atoms with E-state index in [1.54, 1.807) is 0 Å². The lowest BCUT2D eigenvalue weighted by Gasteiger charge is -2.13. The van der Waals surface area contributed by atoms with Gasteiger partial charge in [-0.05, 0) is 30.6 Å². The van der Waals surface area contributed by atoms with Crippen LogP contribution in [0.25, 0.3) is 0 Å². The largest absolute Gasteiger partial charge is 0.383 e. The molecule has 19 heavy (non-hydrogen) atoms. The summed E-state index contributed by atoms with van der Waals surface area (Å²) in [6, 6.07) is 0.444. The average molecular weight is 260 g/mol. The number of hydrogen-bond donors (Lipinski definition) is 2. The zero-order valence-corrected chi connectivity index (χ0v) is 12.5. The summed E-state index contributed by atoms with van der Waals surface area (Å²) in [6.45, 7) is 11.2. The van der Waals surface area contributed by atoms with Gasteiger partial charge in [0.25, 0.3) is 0 Å². The molecule has 0 bridgehead atoms. The molecule has 1 aromatic heterocycles. The second-order valence-electron chi connectivity index (χ2n) is 7.24. The first kappa shape index (κ1) is 12.7. The van der Waals surface area contributed by atoms with Crippen LogP contribution >= 0.6 is 0 Å². The van der Waals surface area contributed by atoms with Crippen molar-refractivity contribution in [1.82, 2.24) is 9.97 Å². The van der Waals surface area contributed by atoms with Crippen LogP contribution in [0.4, 0.5) is 11.6 Å². The number of anilines is 2. The minimum Gasteiger partial charge on any atom is -0.383 e. The molecular weight excluding hydrogens is 236 g/mol. The average Bonchev–Trinajstić information content (AvgIpc) is 3.19. The van der Waals surface area contributed by atoms with Gasteiger partial charge in [0.2, 0.25) is 0 Å². The predicted molar refractivity (Wildman–Crippen MR) is 78.1 cm³/mol. The fourth-order valence-electron chi connectivity index (χ4n) is 2.91. The Morgan fingerprint density at radius 3 is 2.16 bits per heavy atom. The minimum absolute atomic E-state index is 0.291. The van der Waals surface area contributed by atoms with Crippen molar-refractivity contribution in [3.05, 3.63) is 11.4 Å². The predicted octanol–water partition coefficient (Wildman–Crippen LogP) is 3.09. The highest BCUT2D eigenvalue weighted by Gasteiger charge is 2.65. The van der Waals surface area contributed by atoms with Crippen molar-refractivity contribution >= 4 is 11.6 Å². The standard InChI is InChI=1S/C15H24N4/c1-8-10(16)17-12(9-6-7-9)18-11(8)19-13-14(2,3)15(13,4)5/h9,13H,6-7H2,1-5H3,(H3,16,17,18,19). The molecule has 0 saturated heterocycles. The van der Waals surface area contributed by atoms with Crippen LogP contribution in [0.5, 0.6) is 0 Å². The van der Waals surface area contributed by atoms with E-state index >= 15 is 0 Å². The van der Waals surface area contributed by atoms with Crippen molar-refractivity contribution in [1.29, 1.82) is 0 Å². The third-order valence-electron chi connectivity index (χ3n) is 5.45. The van der Waals surface area contributed by atoms with Gasteiger partial charge in [0, 0.05) is 17.5 Å². The van der Waals surface area contributed by atoms with Gasteiger partial charge < -0.3 is 11.1 Å². The van der Waals surface area contributed by atoms with E-state index in [4.69, 9.17) is 10.7 Å². The highest BCUT2D eigenvalue weighted by atomic mass is 15.1. The van der Waals surface area contributed by atoms with E-state index in [-0.39, 0.29) is 0 Å². The topological polar surface area (TPSA) is 63.8 Å². The molecule has 104 valence electrons. The summed E-state index contributed by atoms with van der Waals surface area (Å²) in [5.74, 6) is 3.00. The van der Waals surface area contributed by atoms with Crippen LogP contribution in [0.2, 0.25) is 0 Å². The van der Waals surface area contributed by atoms with E-state index in [0.717, 1.165) is 17.2 Å². The second-order valence-corrected chi connectivity index (χ2v) is 7.24. The molecule has 0 spiro atoms. The maximum atomic E-state index is 6.03. The molecule has 2 saturated carbocycles. The quantitative estimate of drug-likeness (QED) is 0.876. The maximum Gasteiger partial charge on any atom is 0.136 e. The van der Waals surface area contributed by atoms with Crippen LogP contribution in [0.1, 0.15) is 57.8 Å². The van der Waals surface area contributed by atoms with E-state index in [1.165, 1.54) is 12.8 Å². The molecule has 2 aliphatic rings. The number of nitrogens with zero attached hydrogens (tertiary/aromatic N) is 2. The molecule has 0 aromatic carbocycles. The van der Waals surface area contributed by atoms with Crippen molar-refractivity contribution in [3.8, 4) is 0 Å². The van der Waals surface area contributed by atoms with Gasteiger partial charge in [-0.2, -0.15) is 0 Å². The van der Waals surface area contributed by atoms with Crippen molar-refractivity contribution in [2.24, 2.45) is 10.8 Å². The molecule has 0 amide bonds. The summed E-state index contributed by atoms with van der Waals surface area (Å²) in [5, 5.41) is 3.60. The van der Waals surface area contributed by atoms with Crippen LogP contribution < -0.4 is 11.1 Å². The summed E-state index contributed by atoms with van der Waals surface area (Å²) < 4.78 is 0. The van der Waals surface area contributed by atoms with Crippen molar-refractivity contribution in [2.45, 2.75) is 59.4 Å². The molecule has 3 rings (SSSR count). The molecule has 0 atom stereocenters. The van der Waals surface area contributed by atoms with Gasteiger partial charge in [0.15, 0.2) is 0 Å². The Morgan fingerprint density at radius 1 is 1.11 bits per heavy atom. The molecule has 1 heterocycles. The van der Waals surface area contributed by atoms with E-state index < -0.39 is 0 Å². The summed E-state index contributed by atoms with van der Waals surface area (Å²) in [7, 11) is 0. The van der Waals surface area contributed by atoms with E-state index in [0.29, 0.717) is 28.6 Å². The molecule has 2 aliphatic carbocycles. The lowest BCUT2D eigenvalue weighted by Crippen LogP contribution is -2.15. The first-order valence-corrected chi connectivity index (χ1v) is 7.15. The molecule has 4 nitrogen and oxygen atoms in total. The van der Waals surface area contributed by atoms with Gasteiger partial charge in [-0.1, -0.05) is 27.7 Å². The number of aromatic nitrogens is 2. The van der Waals surface area contributed by atoms with E-state index in [1.807, 2.05) is 6.92 Å². The second kappa shape index (κ2) is 3.62. The molecule has 0 unspecified atom stereocenters. The first-order chi connectivity index (χ1) is 8.75. The molecule has 3 N–H and O–H groups in total. The monoisotopic (exact) mass is 260 g/mol. The van der Waals surface area contributed by atoms with Gasteiger partial charge in [-0.3, -0.25) is 0 Å². The lowest BCUT2D eigenvalue weighted by molar-refractivity contribution is 0.457. The summed E-state index contributed by atoms with van der Waals surface area (Å²) >= 11 is 0. The van der Waals surface area contributed by atoms with Crippen LogP contribution in [0.15, 0.2) is 0 Å². The summed E-state index contributed by atoms with van der Waals surface area (Å²) in [6.07, 6.45) is 2.39. The van der Waals surface area contributed by atoms with E-state index in [9.17, 15) is 0 Å². The summed E-state index contributed by atoms with van der Waals surface area (Å²) in [5.41, 5.74) is 7.58. The Bertz CT molecular complexity index is 515. The van der Waals surface area contributed by atoms with Crippen molar-refractivity contribution in [2.75, 3.05) is 11.1 Å². The van der Waals surface area contributed by atoms with Gasteiger partial charge >= 0.3 is 0 Å². The van der Waals surface area contributed by atoms with Crippen LogP contribution in [-0.4, -0.2) is 16.0 Å². The SMILES string of the molecule is Cc1c(N)nc(C2CC2)nc1NC1C(C)(C)C1(C)C. The third-order valence-corrected chi connectivity index (χ3v) is 5.45. The summed E-state index contributed by atoms with van der Waals surface area (Å²) in [4.78, 5) is 9.13. The van der Waals surface area contributed by atoms with Crippen molar-refractivity contribution in [3.63, 3.8) is 0 Å². The van der Waals surface area contributed by atoms with Gasteiger partial charge in [-0.15, -0.1) is 0 Å². The smallest absolute Gasteiger partial charge is 0.136 e. The number of rotatable bonds is 3. The Morgan fingerprint density at radius 2 is 1.68 bits per heavy atom. The normalized spacial score (nSPS) is 24.3. The molecular formula is C15H24N4. The molecule has 2 fully saturated rings. The highest BCUT2D eigenvalue weighted by Crippen LogP contribution is 2.63. The minimum atomic E-state index is 0.291. The highest BCUT2D eigenvalue weighted by molar-refractivity contribution is 5.57. The molecule has 0 aliphatic heterocycles. The van der Waals surface area contributed by atoms with Crippen LogP contribution in [0, 0.1) is 17.8 Å².